The summed E-state index contributed by atoms with van der Waals surface area (Å²) < 4.78 is 20.1. The van der Waals surface area contributed by atoms with Crippen LogP contribution in [0, 0.1) is 36.0 Å². The third-order valence-corrected chi connectivity index (χ3v) is 8.20. The normalized spacial score (nSPS) is 22.7. The molecule has 0 aromatic carbocycles. The monoisotopic (exact) mass is 596 g/mol. The van der Waals surface area contributed by atoms with Gasteiger partial charge < -0.3 is 15.0 Å². The fraction of sp³-hybridized carbons (Fsp3) is 0.467. The van der Waals surface area contributed by atoms with Crippen molar-refractivity contribution >= 4 is 23.4 Å². The molecule has 2 aliphatic rings. The highest BCUT2D eigenvalue weighted by Crippen LogP contribution is 2.47. The molecular weight excluding hydrogens is 563 g/mol. The number of allylic oxidation sites excluding steroid dienone is 3. The zero-order valence-corrected chi connectivity index (χ0v) is 25.0. The maximum Gasteiger partial charge on any atom is 0.307 e. The van der Waals surface area contributed by atoms with Crippen molar-refractivity contribution in [1.82, 2.24) is 25.4 Å². The van der Waals surface area contributed by atoms with E-state index in [1.807, 2.05) is 19.1 Å². The van der Waals surface area contributed by atoms with E-state index >= 15 is 0 Å². The standard InChI is InChI=1S/C30H34ClFN6O4/c1-17-13-23(27(40)37-36-17)42-22-9-8-20(34-18(22)2)26(39)35-21(15-32)28(41)38-24(29(3,4)16-33)10-11-25(38)30(5)12-6-7-19(31)14-30/h6-9,13-14,21,24-25H,10-12,15H2,1-5H3,(H,35,39)(H,37,40)/t21-,24-,25+,30?/m1/s1. The molecule has 0 saturated carbocycles. The quantitative estimate of drug-likeness (QED) is 0.452. The van der Waals surface area contributed by atoms with Crippen LogP contribution in [0.2, 0.25) is 0 Å². The van der Waals surface area contributed by atoms with Gasteiger partial charge in [0.05, 0.1) is 28.9 Å². The van der Waals surface area contributed by atoms with E-state index in [1.165, 1.54) is 18.2 Å². The van der Waals surface area contributed by atoms with Crippen molar-refractivity contribution in [1.29, 1.82) is 5.26 Å². The number of amides is 2. The number of rotatable bonds is 8. The van der Waals surface area contributed by atoms with Crippen molar-refractivity contribution in [2.75, 3.05) is 6.67 Å². The molecule has 1 fully saturated rings. The molecule has 0 spiro atoms. The first-order chi connectivity index (χ1) is 19.8. The number of pyridine rings is 1. The number of nitriles is 1. The number of carbonyl (C=O) groups is 2. The van der Waals surface area contributed by atoms with Crippen molar-refractivity contribution in [3.8, 4) is 17.6 Å². The summed E-state index contributed by atoms with van der Waals surface area (Å²) in [6.45, 7) is 7.64. The number of hydrogen-bond acceptors (Lipinski definition) is 7. The molecule has 1 aliphatic carbocycles. The molecule has 4 atom stereocenters. The Morgan fingerprint density at radius 3 is 2.71 bits per heavy atom. The molecule has 1 unspecified atom stereocenters. The highest BCUT2D eigenvalue weighted by Gasteiger charge is 2.52. The van der Waals surface area contributed by atoms with Gasteiger partial charge in [-0.3, -0.25) is 14.4 Å². The number of alkyl halides is 1. The van der Waals surface area contributed by atoms with Gasteiger partial charge in [-0.25, -0.2) is 14.5 Å². The molecule has 222 valence electrons. The largest absolute Gasteiger partial charge is 0.450 e. The van der Waals surface area contributed by atoms with Gasteiger partial charge in [0.2, 0.25) is 5.91 Å². The molecular formula is C30H34ClFN6O4. The summed E-state index contributed by atoms with van der Waals surface area (Å²) in [5.74, 6) is -1.10. The summed E-state index contributed by atoms with van der Waals surface area (Å²) in [4.78, 5) is 45.0. The van der Waals surface area contributed by atoms with Crippen LogP contribution in [0.5, 0.6) is 11.5 Å². The molecule has 10 nitrogen and oxygen atoms in total. The van der Waals surface area contributed by atoms with Gasteiger partial charge in [-0.1, -0.05) is 30.7 Å². The minimum absolute atomic E-state index is 0.0148. The highest BCUT2D eigenvalue weighted by atomic mass is 35.5. The van der Waals surface area contributed by atoms with Crippen LogP contribution in [0.15, 0.2) is 46.3 Å². The smallest absolute Gasteiger partial charge is 0.307 e. The van der Waals surface area contributed by atoms with Crippen molar-refractivity contribution < 1.29 is 18.7 Å². The van der Waals surface area contributed by atoms with Crippen LogP contribution in [0.3, 0.4) is 0 Å². The highest BCUT2D eigenvalue weighted by molar-refractivity contribution is 6.31. The minimum atomic E-state index is -1.49. The summed E-state index contributed by atoms with van der Waals surface area (Å²) >= 11 is 6.34. The van der Waals surface area contributed by atoms with Gasteiger partial charge >= 0.3 is 5.56 Å². The fourth-order valence-corrected chi connectivity index (χ4v) is 6.00. The topological polar surface area (TPSA) is 141 Å². The number of aromatic amines is 1. The van der Waals surface area contributed by atoms with Crippen molar-refractivity contribution in [2.45, 2.75) is 72.0 Å². The number of nitrogens with zero attached hydrogens (tertiary/aromatic N) is 4. The van der Waals surface area contributed by atoms with Crippen molar-refractivity contribution in [3.05, 3.63) is 68.9 Å². The van der Waals surface area contributed by atoms with Crippen LogP contribution >= 0.6 is 11.6 Å². The second kappa shape index (κ2) is 12.1. The SMILES string of the molecule is Cc1cc(Oc2ccc(C(=O)N[C@H](CF)C(=O)N3[C@H](C4(C)C=C(Cl)C=CC4)CC[C@@H]3C(C)(C)C#N)nc2C)c(=O)[nH]n1. The number of aromatic nitrogens is 3. The van der Waals surface area contributed by atoms with E-state index in [2.05, 4.69) is 26.6 Å². The van der Waals surface area contributed by atoms with E-state index in [0.717, 1.165) is 0 Å². The molecule has 2 aromatic rings. The van der Waals surface area contributed by atoms with Gasteiger partial charge in [0.1, 0.15) is 24.2 Å². The zero-order valence-electron chi connectivity index (χ0n) is 24.2. The van der Waals surface area contributed by atoms with E-state index in [1.54, 1.807) is 38.7 Å². The molecule has 0 bridgehead atoms. The van der Waals surface area contributed by atoms with Crippen LogP contribution in [-0.4, -0.2) is 56.7 Å². The molecule has 1 saturated heterocycles. The lowest BCUT2D eigenvalue weighted by Gasteiger charge is -2.44. The number of H-pyrrole nitrogens is 1. The third-order valence-electron chi connectivity index (χ3n) is 7.97. The van der Waals surface area contributed by atoms with E-state index in [4.69, 9.17) is 16.3 Å². The number of likely N-dealkylation sites (tertiary alicyclic amines) is 1. The lowest BCUT2D eigenvalue weighted by molar-refractivity contribution is -0.140. The van der Waals surface area contributed by atoms with Gasteiger partial charge in [-0.2, -0.15) is 10.4 Å². The first-order valence-corrected chi connectivity index (χ1v) is 14.0. The molecule has 4 rings (SSSR count). The second-order valence-corrected chi connectivity index (χ2v) is 12.0. The lowest BCUT2D eigenvalue weighted by atomic mass is 9.75. The maximum atomic E-state index is 14.5. The van der Waals surface area contributed by atoms with Gasteiger partial charge in [0, 0.05) is 22.6 Å². The molecule has 42 heavy (non-hydrogen) atoms. The zero-order chi connectivity index (χ0) is 30.8. The van der Waals surface area contributed by atoms with Crippen LogP contribution < -0.4 is 15.6 Å². The van der Waals surface area contributed by atoms with Gasteiger partial charge in [0.25, 0.3) is 5.91 Å². The summed E-state index contributed by atoms with van der Waals surface area (Å²) in [6.07, 6.45) is 7.41. The number of aryl methyl sites for hydroxylation is 2. The van der Waals surface area contributed by atoms with Crippen molar-refractivity contribution in [2.24, 2.45) is 10.8 Å². The Kier molecular flexibility index (Phi) is 8.87. The van der Waals surface area contributed by atoms with Gasteiger partial charge in [-0.15, -0.1) is 0 Å². The van der Waals surface area contributed by atoms with Crippen LogP contribution in [-0.2, 0) is 4.79 Å². The first-order valence-electron chi connectivity index (χ1n) is 13.7. The summed E-state index contributed by atoms with van der Waals surface area (Å²) in [6, 6.07) is 4.26. The Balaban J connectivity index is 1.57. The number of halogens is 2. The Morgan fingerprint density at radius 1 is 1.33 bits per heavy atom. The Bertz CT molecular complexity index is 1550. The van der Waals surface area contributed by atoms with Gasteiger partial charge in [-0.05, 0) is 65.2 Å². The van der Waals surface area contributed by atoms with Crippen LogP contribution in [0.25, 0.3) is 0 Å². The van der Waals surface area contributed by atoms with Crippen molar-refractivity contribution in [3.63, 3.8) is 0 Å². The predicted molar refractivity (Wildman–Crippen MR) is 155 cm³/mol. The molecule has 2 amide bonds. The summed E-state index contributed by atoms with van der Waals surface area (Å²) in [7, 11) is 0. The van der Waals surface area contributed by atoms with E-state index in [9.17, 15) is 24.0 Å². The number of hydrogen-bond donors (Lipinski definition) is 2. The number of nitrogens with one attached hydrogen (secondary N) is 2. The summed E-state index contributed by atoms with van der Waals surface area (Å²) in [5.41, 5.74) is -1.18. The average molecular weight is 597 g/mol. The number of ether oxygens (including phenoxy) is 1. The fourth-order valence-electron chi connectivity index (χ4n) is 5.67. The molecule has 2 aromatic heterocycles. The molecule has 3 heterocycles. The second-order valence-electron chi connectivity index (χ2n) is 11.6. The molecule has 2 N–H and O–H groups in total. The average Bonchev–Trinajstić information content (AvgIpc) is 3.41. The third kappa shape index (κ3) is 6.23. The van der Waals surface area contributed by atoms with Crippen LogP contribution in [0.4, 0.5) is 4.39 Å². The first kappa shape index (κ1) is 30.9. The minimum Gasteiger partial charge on any atom is -0.450 e. The molecule has 12 heteroatoms. The Morgan fingerprint density at radius 2 is 2.07 bits per heavy atom. The Labute approximate surface area is 248 Å². The molecule has 0 radical (unpaired) electrons. The lowest BCUT2D eigenvalue weighted by Crippen LogP contribution is -2.58. The maximum absolute atomic E-state index is 14.5. The molecule has 1 aliphatic heterocycles. The Hall–Kier alpha value is -4.04. The van der Waals surface area contributed by atoms with Gasteiger partial charge in [0.15, 0.2) is 5.75 Å². The van der Waals surface area contributed by atoms with E-state index in [0.29, 0.717) is 35.7 Å². The predicted octanol–water partition coefficient (Wildman–Crippen LogP) is 4.64. The van der Waals surface area contributed by atoms with Crippen LogP contribution in [0.1, 0.15) is 61.9 Å². The number of carbonyl (C=O) groups excluding carboxylic acids is 2. The summed E-state index contributed by atoms with van der Waals surface area (Å²) in [5, 5.41) is 19.1. The van der Waals surface area contributed by atoms with E-state index in [-0.39, 0.29) is 23.2 Å². The van der Waals surface area contributed by atoms with E-state index < -0.39 is 47.0 Å².